The predicted molar refractivity (Wildman–Crippen MR) is 81.5 cm³/mol. The summed E-state index contributed by atoms with van der Waals surface area (Å²) in [6, 6.07) is 8.35. The topological polar surface area (TPSA) is 58.6 Å². The number of esters is 1. The summed E-state index contributed by atoms with van der Waals surface area (Å²) in [5.41, 5.74) is 1.45. The first-order valence-corrected chi connectivity index (χ1v) is 7.95. The van der Waals surface area contributed by atoms with E-state index in [0.717, 1.165) is 24.1 Å². The van der Waals surface area contributed by atoms with Crippen LogP contribution in [0.15, 0.2) is 24.3 Å². The fraction of sp³-hybridized carbons (Fsp3) is 0.529. The Labute approximate surface area is 129 Å². The number of anilines is 1. The molecule has 0 saturated carbocycles. The van der Waals surface area contributed by atoms with Crippen LogP contribution < -0.4 is 5.32 Å². The summed E-state index contributed by atoms with van der Waals surface area (Å²) in [6.45, 7) is 0. The van der Waals surface area contributed by atoms with Gasteiger partial charge in [-0.2, -0.15) is 0 Å². The molecule has 3 heterocycles. The van der Waals surface area contributed by atoms with Gasteiger partial charge >= 0.3 is 5.97 Å². The second kappa shape index (κ2) is 5.09. The van der Waals surface area contributed by atoms with Crippen LogP contribution in [0.5, 0.6) is 0 Å². The Hall–Kier alpha value is -1.88. The fourth-order valence-electron chi connectivity index (χ4n) is 4.13. The van der Waals surface area contributed by atoms with Gasteiger partial charge in [-0.05, 0) is 44.4 Å². The molecule has 3 aliphatic heterocycles. The Morgan fingerprint density at radius 1 is 1.23 bits per heavy atom. The highest BCUT2D eigenvalue weighted by atomic mass is 16.5. The molecule has 2 bridgehead atoms. The van der Waals surface area contributed by atoms with Crippen molar-refractivity contribution in [1.29, 1.82) is 0 Å². The molecule has 1 N–H and O–H groups in total. The molecule has 1 amide bonds. The number of fused-ring (bicyclic) bond motifs is 3. The van der Waals surface area contributed by atoms with Crippen molar-refractivity contribution < 1.29 is 14.3 Å². The fourth-order valence-corrected chi connectivity index (χ4v) is 4.13. The molecular weight excluding hydrogens is 280 g/mol. The van der Waals surface area contributed by atoms with Crippen molar-refractivity contribution in [3.8, 4) is 0 Å². The van der Waals surface area contributed by atoms with Crippen molar-refractivity contribution in [2.75, 3.05) is 12.4 Å². The Morgan fingerprint density at radius 3 is 2.64 bits per heavy atom. The van der Waals surface area contributed by atoms with Gasteiger partial charge in [0.1, 0.15) is 6.10 Å². The van der Waals surface area contributed by atoms with Crippen LogP contribution in [0.3, 0.4) is 0 Å². The zero-order valence-corrected chi connectivity index (χ0v) is 12.6. The number of rotatable bonds is 2. The van der Waals surface area contributed by atoms with Crippen LogP contribution in [0, 0.1) is 0 Å². The normalized spacial score (nSPS) is 33.4. The second-order valence-electron chi connectivity index (χ2n) is 6.59. The number of carbonyl (C=O) groups is 2. The van der Waals surface area contributed by atoms with Crippen LogP contribution in [0.1, 0.15) is 37.2 Å². The van der Waals surface area contributed by atoms with Crippen LogP contribution in [-0.4, -0.2) is 42.0 Å². The highest BCUT2D eigenvalue weighted by Gasteiger charge is 2.43. The maximum atomic E-state index is 12.5. The Balaban J connectivity index is 1.48. The Bertz CT molecular complexity index is 616. The molecule has 0 aliphatic carbocycles. The van der Waals surface area contributed by atoms with E-state index in [0.29, 0.717) is 12.1 Å². The smallest absolute Gasteiger partial charge is 0.323 e. The number of ether oxygens (including phenoxy) is 1. The predicted octanol–water partition coefficient (Wildman–Crippen LogP) is 1.89. The first kappa shape index (κ1) is 13.8. The van der Waals surface area contributed by atoms with Crippen molar-refractivity contribution in [1.82, 2.24) is 4.90 Å². The number of para-hydroxylation sites is 1. The van der Waals surface area contributed by atoms with Crippen molar-refractivity contribution in [3.63, 3.8) is 0 Å². The van der Waals surface area contributed by atoms with E-state index in [-0.39, 0.29) is 12.0 Å². The molecule has 0 spiro atoms. The quantitative estimate of drug-likeness (QED) is 0.669. The van der Waals surface area contributed by atoms with Gasteiger partial charge in [-0.25, -0.2) is 0 Å². The molecule has 5 heteroatoms. The molecule has 2 unspecified atom stereocenters. The van der Waals surface area contributed by atoms with Crippen molar-refractivity contribution in [2.45, 2.75) is 49.8 Å². The van der Waals surface area contributed by atoms with Crippen LogP contribution >= 0.6 is 0 Å². The SMILES string of the molecule is CN1[C@@H]2CC[C@H]1CC(OC(=O)C1C(=O)Nc3ccccc31)C2. The molecule has 0 radical (unpaired) electrons. The number of nitrogens with zero attached hydrogens (tertiary/aromatic N) is 1. The van der Waals surface area contributed by atoms with Gasteiger partial charge in [-0.3, -0.25) is 9.59 Å². The molecule has 22 heavy (non-hydrogen) atoms. The zero-order chi connectivity index (χ0) is 15.3. The van der Waals surface area contributed by atoms with Gasteiger partial charge in [0.25, 0.3) is 0 Å². The van der Waals surface area contributed by atoms with Crippen LogP contribution in [0.25, 0.3) is 0 Å². The van der Waals surface area contributed by atoms with Crippen LogP contribution in [-0.2, 0) is 14.3 Å². The number of hydrogen-bond donors (Lipinski definition) is 1. The summed E-state index contributed by atoms with van der Waals surface area (Å²) < 4.78 is 5.71. The number of benzene rings is 1. The van der Waals surface area contributed by atoms with E-state index in [9.17, 15) is 9.59 Å². The minimum Gasteiger partial charge on any atom is -0.461 e. The first-order valence-electron chi connectivity index (χ1n) is 7.95. The number of carbonyl (C=O) groups excluding carboxylic acids is 2. The van der Waals surface area contributed by atoms with Crippen molar-refractivity contribution in [2.24, 2.45) is 0 Å². The molecule has 0 aromatic heterocycles. The molecule has 4 atom stereocenters. The summed E-state index contributed by atoms with van der Waals surface area (Å²) in [7, 11) is 2.15. The Morgan fingerprint density at radius 2 is 1.91 bits per heavy atom. The van der Waals surface area contributed by atoms with Gasteiger partial charge < -0.3 is 15.0 Å². The van der Waals surface area contributed by atoms with Gasteiger partial charge in [0.15, 0.2) is 5.92 Å². The molecule has 2 fully saturated rings. The molecule has 5 nitrogen and oxygen atoms in total. The van der Waals surface area contributed by atoms with Gasteiger partial charge in [-0.1, -0.05) is 18.2 Å². The lowest BCUT2D eigenvalue weighted by molar-refractivity contribution is -0.155. The molecule has 2 saturated heterocycles. The van der Waals surface area contributed by atoms with E-state index in [1.54, 1.807) is 0 Å². The van der Waals surface area contributed by atoms with Gasteiger partial charge in [0.05, 0.1) is 0 Å². The van der Waals surface area contributed by atoms with E-state index >= 15 is 0 Å². The van der Waals surface area contributed by atoms with Crippen molar-refractivity contribution >= 4 is 17.6 Å². The molecule has 1 aromatic carbocycles. The summed E-state index contributed by atoms with van der Waals surface area (Å²) in [5, 5.41) is 2.75. The average molecular weight is 300 g/mol. The third kappa shape index (κ3) is 2.11. The van der Waals surface area contributed by atoms with Gasteiger partial charge in [0.2, 0.25) is 5.91 Å². The lowest BCUT2D eigenvalue weighted by Gasteiger charge is -2.36. The molecular formula is C17H20N2O3. The summed E-state index contributed by atoms with van der Waals surface area (Å²) in [4.78, 5) is 27.0. The number of piperidine rings is 1. The third-order valence-corrected chi connectivity index (χ3v) is 5.37. The highest BCUT2D eigenvalue weighted by Crippen LogP contribution is 2.37. The van der Waals surface area contributed by atoms with E-state index in [4.69, 9.17) is 4.74 Å². The average Bonchev–Trinajstić information content (AvgIpc) is 2.90. The van der Waals surface area contributed by atoms with Gasteiger partial charge in [0, 0.05) is 17.8 Å². The van der Waals surface area contributed by atoms with E-state index in [2.05, 4.69) is 17.3 Å². The summed E-state index contributed by atoms with van der Waals surface area (Å²) in [5.74, 6) is -1.49. The third-order valence-electron chi connectivity index (χ3n) is 5.37. The minimum absolute atomic E-state index is 0.0539. The van der Waals surface area contributed by atoms with Gasteiger partial charge in [-0.15, -0.1) is 0 Å². The highest BCUT2D eigenvalue weighted by molar-refractivity contribution is 6.14. The van der Waals surface area contributed by atoms with Crippen LogP contribution in [0.4, 0.5) is 5.69 Å². The number of hydrogen-bond acceptors (Lipinski definition) is 4. The monoisotopic (exact) mass is 300 g/mol. The summed E-state index contributed by atoms with van der Waals surface area (Å²) >= 11 is 0. The number of nitrogens with one attached hydrogen (secondary N) is 1. The Kier molecular flexibility index (Phi) is 3.18. The molecule has 1 aromatic rings. The molecule has 3 aliphatic rings. The lowest BCUT2D eigenvalue weighted by atomic mass is 9.98. The maximum Gasteiger partial charge on any atom is 0.323 e. The van der Waals surface area contributed by atoms with Crippen molar-refractivity contribution in [3.05, 3.63) is 29.8 Å². The minimum atomic E-state index is -0.812. The molecule has 4 rings (SSSR count). The standard InChI is InChI=1S/C17H20N2O3/c1-19-10-6-7-11(19)9-12(8-10)22-17(21)15-13-4-2-3-5-14(13)18-16(15)20/h2-5,10-12,15H,6-9H2,1H3,(H,18,20)/t10-,11+,12?,15?. The lowest BCUT2D eigenvalue weighted by Crippen LogP contribution is -2.44. The van der Waals surface area contributed by atoms with E-state index in [1.807, 2.05) is 24.3 Å². The largest absolute Gasteiger partial charge is 0.461 e. The van der Waals surface area contributed by atoms with E-state index < -0.39 is 11.9 Å². The molecule has 116 valence electrons. The zero-order valence-electron chi connectivity index (χ0n) is 12.6. The second-order valence-corrected chi connectivity index (χ2v) is 6.59. The maximum absolute atomic E-state index is 12.5. The van der Waals surface area contributed by atoms with Crippen LogP contribution in [0.2, 0.25) is 0 Å². The first-order chi connectivity index (χ1) is 10.6. The number of amides is 1. The van der Waals surface area contributed by atoms with E-state index in [1.165, 1.54) is 12.8 Å². The summed E-state index contributed by atoms with van der Waals surface area (Å²) in [6.07, 6.45) is 4.08.